The quantitative estimate of drug-likeness (QED) is 0.788. The van der Waals surface area contributed by atoms with Crippen LogP contribution in [-0.2, 0) is 0 Å². The summed E-state index contributed by atoms with van der Waals surface area (Å²) in [6.45, 7) is 0. The Morgan fingerprint density at radius 2 is 1.95 bits per heavy atom. The molecule has 0 spiro atoms. The van der Waals surface area contributed by atoms with Crippen LogP contribution in [0, 0.1) is 0 Å². The molecule has 5 nitrogen and oxygen atoms in total. The number of fused-ring (bicyclic) bond motifs is 1. The molecule has 1 heterocycles. The van der Waals surface area contributed by atoms with E-state index < -0.39 is 0 Å². The Bertz CT molecular complexity index is 814. The number of para-hydroxylation sites is 1. The summed E-state index contributed by atoms with van der Waals surface area (Å²) in [5, 5.41) is 0. The number of halogens is 1. The largest absolute Gasteiger partial charge is 0.497 e. The van der Waals surface area contributed by atoms with E-state index in [0.29, 0.717) is 11.7 Å². The van der Waals surface area contributed by atoms with Crippen LogP contribution in [0.3, 0.4) is 0 Å². The molecule has 1 aromatic heterocycles. The molecule has 0 aliphatic rings. The van der Waals surface area contributed by atoms with Crippen LogP contribution in [0.2, 0.25) is 0 Å². The third-order valence-electron chi connectivity index (χ3n) is 3.29. The zero-order valence-electron chi connectivity index (χ0n) is 11.6. The number of nitrogens with two attached hydrogens (primary N) is 1. The van der Waals surface area contributed by atoms with Crippen molar-refractivity contribution in [1.82, 2.24) is 9.55 Å². The van der Waals surface area contributed by atoms with E-state index in [1.807, 2.05) is 41.0 Å². The molecule has 2 aromatic carbocycles. The summed E-state index contributed by atoms with van der Waals surface area (Å²) in [6.07, 6.45) is 0. The van der Waals surface area contributed by atoms with Gasteiger partial charge in [-0.2, -0.15) is 0 Å². The van der Waals surface area contributed by atoms with E-state index in [9.17, 15) is 0 Å². The minimum atomic E-state index is 0.392. The van der Waals surface area contributed by atoms with Gasteiger partial charge in [0.25, 0.3) is 0 Å². The predicted octanol–water partition coefficient (Wildman–Crippen LogP) is 3.39. The highest BCUT2D eigenvalue weighted by Gasteiger charge is 2.15. The first-order valence-electron chi connectivity index (χ1n) is 6.30. The Morgan fingerprint density at radius 1 is 1.14 bits per heavy atom. The van der Waals surface area contributed by atoms with Gasteiger partial charge in [-0.25, -0.2) is 4.98 Å². The van der Waals surface area contributed by atoms with Gasteiger partial charge in [0.2, 0.25) is 5.95 Å². The van der Waals surface area contributed by atoms with E-state index in [-0.39, 0.29) is 0 Å². The molecule has 2 N–H and O–H groups in total. The number of anilines is 1. The maximum absolute atomic E-state index is 6.10. The maximum atomic E-state index is 6.10. The summed E-state index contributed by atoms with van der Waals surface area (Å²) in [6, 6.07) is 11.4. The topological polar surface area (TPSA) is 62.3 Å². The van der Waals surface area contributed by atoms with Crippen LogP contribution >= 0.6 is 15.9 Å². The Morgan fingerprint density at radius 3 is 2.67 bits per heavy atom. The second-order valence-corrected chi connectivity index (χ2v) is 5.31. The van der Waals surface area contributed by atoms with Crippen molar-refractivity contribution in [2.75, 3.05) is 20.0 Å². The number of nitrogens with zero attached hydrogens (tertiary/aromatic N) is 2. The van der Waals surface area contributed by atoms with Gasteiger partial charge in [-0.05, 0) is 40.2 Å². The molecule has 0 saturated carbocycles. The molecular formula is C15H14BrN3O2. The van der Waals surface area contributed by atoms with Crippen LogP contribution < -0.4 is 15.2 Å². The Balaban J connectivity index is 2.33. The van der Waals surface area contributed by atoms with Crippen LogP contribution in [-0.4, -0.2) is 23.8 Å². The predicted molar refractivity (Wildman–Crippen MR) is 86.3 cm³/mol. The Kier molecular flexibility index (Phi) is 3.47. The van der Waals surface area contributed by atoms with Crippen LogP contribution in [0.15, 0.2) is 40.9 Å². The minimum Gasteiger partial charge on any atom is -0.497 e. The van der Waals surface area contributed by atoms with Crippen molar-refractivity contribution >= 4 is 32.9 Å². The molecular weight excluding hydrogens is 334 g/mol. The van der Waals surface area contributed by atoms with Crippen LogP contribution in [0.25, 0.3) is 16.7 Å². The Hall–Kier alpha value is -2.21. The highest BCUT2D eigenvalue weighted by molar-refractivity contribution is 9.10. The maximum Gasteiger partial charge on any atom is 0.206 e. The molecule has 0 radical (unpaired) electrons. The molecule has 21 heavy (non-hydrogen) atoms. The molecule has 0 bridgehead atoms. The second-order valence-electron chi connectivity index (χ2n) is 4.45. The van der Waals surface area contributed by atoms with Crippen molar-refractivity contribution in [3.63, 3.8) is 0 Å². The highest BCUT2D eigenvalue weighted by atomic mass is 79.9. The molecule has 108 valence electrons. The first kappa shape index (κ1) is 13.8. The van der Waals surface area contributed by atoms with Gasteiger partial charge in [0.05, 0.1) is 25.4 Å². The average Bonchev–Trinajstić information content (AvgIpc) is 2.83. The molecule has 0 amide bonds. The number of nitrogen functional groups attached to an aromatic ring is 1. The monoisotopic (exact) mass is 347 g/mol. The number of hydrogen-bond donors (Lipinski definition) is 1. The number of hydrogen-bond acceptors (Lipinski definition) is 4. The first-order valence-corrected chi connectivity index (χ1v) is 7.10. The van der Waals surface area contributed by atoms with E-state index >= 15 is 0 Å². The molecule has 0 saturated heterocycles. The van der Waals surface area contributed by atoms with Crippen molar-refractivity contribution in [3.8, 4) is 17.2 Å². The van der Waals surface area contributed by atoms with Gasteiger partial charge in [0.15, 0.2) is 0 Å². The lowest BCUT2D eigenvalue weighted by Crippen LogP contribution is -2.01. The summed E-state index contributed by atoms with van der Waals surface area (Å²) < 4.78 is 13.4. The molecule has 3 rings (SSSR count). The van der Waals surface area contributed by atoms with E-state index in [1.165, 1.54) is 0 Å². The lowest BCUT2D eigenvalue weighted by Gasteiger charge is -2.11. The fourth-order valence-electron chi connectivity index (χ4n) is 2.30. The molecule has 0 aliphatic carbocycles. The zero-order chi connectivity index (χ0) is 15.0. The number of aromatic nitrogens is 2. The van der Waals surface area contributed by atoms with Gasteiger partial charge in [0.1, 0.15) is 17.0 Å². The van der Waals surface area contributed by atoms with E-state index in [0.717, 1.165) is 26.9 Å². The van der Waals surface area contributed by atoms with Crippen molar-refractivity contribution in [2.24, 2.45) is 0 Å². The number of ether oxygens (including phenoxy) is 2. The third kappa shape index (κ3) is 2.21. The molecule has 6 heteroatoms. The fraction of sp³-hybridized carbons (Fsp3) is 0.133. The second kappa shape index (κ2) is 5.29. The summed E-state index contributed by atoms with van der Waals surface area (Å²) in [5.41, 5.74) is 8.57. The molecule has 0 fully saturated rings. The van der Waals surface area contributed by atoms with Crippen molar-refractivity contribution in [2.45, 2.75) is 0 Å². The van der Waals surface area contributed by atoms with Crippen LogP contribution in [0.1, 0.15) is 0 Å². The first-order chi connectivity index (χ1) is 10.2. The van der Waals surface area contributed by atoms with E-state index in [1.54, 1.807) is 14.2 Å². The van der Waals surface area contributed by atoms with E-state index in [4.69, 9.17) is 15.2 Å². The number of benzene rings is 2. The minimum absolute atomic E-state index is 0.392. The fourth-order valence-corrected chi connectivity index (χ4v) is 2.72. The molecule has 0 aliphatic heterocycles. The van der Waals surface area contributed by atoms with E-state index in [2.05, 4.69) is 20.9 Å². The van der Waals surface area contributed by atoms with Crippen molar-refractivity contribution in [3.05, 3.63) is 40.9 Å². The average molecular weight is 348 g/mol. The van der Waals surface area contributed by atoms with Gasteiger partial charge >= 0.3 is 0 Å². The molecule has 3 aromatic rings. The number of rotatable bonds is 3. The lowest BCUT2D eigenvalue weighted by molar-refractivity contribution is 0.414. The SMILES string of the molecule is COc1ccc(Br)c(-n2c(N)nc3c(OC)cccc32)c1. The normalized spacial score (nSPS) is 10.8. The lowest BCUT2D eigenvalue weighted by atomic mass is 10.2. The van der Waals surface area contributed by atoms with Gasteiger partial charge in [-0.3, -0.25) is 4.57 Å². The van der Waals surface area contributed by atoms with Gasteiger partial charge in [-0.15, -0.1) is 0 Å². The smallest absolute Gasteiger partial charge is 0.206 e. The summed E-state index contributed by atoms with van der Waals surface area (Å²) >= 11 is 3.55. The Labute approximate surface area is 130 Å². The summed E-state index contributed by atoms with van der Waals surface area (Å²) in [4.78, 5) is 4.41. The van der Waals surface area contributed by atoms with Crippen molar-refractivity contribution < 1.29 is 9.47 Å². The van der Waals surface area contributed by atoms with Gasteiger partial charge in [0, 0.05) is 10.5 Å². The third-order valence-corrected chi connectivity index (χ3v) is 3.96. The van der Waals surface area contributed by atoms with Crippen LogP contribution in [0.5, 0.6) is 11.5 Å². The number of imidazole rings is 1. The van der Waals surface area contributed by atoms with Crippen LogP contribution in [0.4, 0.5) is 5.95 Å². The zero-order valence-corrected chi connectivity index (χ0v) is 13.2. The summed E-state index contributed by atoms with van der Waals surface area (Å²) in [5.74, 6) is 1.83. The van der Waals surface area contributed by atoms with Gasteiger partial charge < -0.3 is 15.2 Å². The van der Waals surface area contributed by atoms with Gasteiger partial charge in [-0.1, -0.05) is 6.07 Å². The van der Waals surface area contributed by atoms with Crippen molar-refractivity contribution in [1.29, 1.82) is 0 Å². The molecule has 0 unspecified atom stereocenters. The standard InChI is InChI=1S/C15H14BrN3O2/c1-20-9-6-7-10(16)12(8-9)19-11-4-3-5-13(21-2)14(11)18-15(19)17/h3-8H,1-2H3,(H2,17,18). The highest BCUT2D eigenvalue weighted by Crippen LogP contribution is 2.33. The number of methoxy groups -OCH3 is 2. The molecule has 0 atom stereocenters. The summed E-state index contributed by atoms with van der Waals surface area (Å²) in [7, 11) is 3.25.